The molecule has 1 aliphatic rings. The molecule has 1 heterocycles. The maximum absolute atomic E-state index is 12.1. The molecule has 2 atom stereocenters. The molecule has 0 radical (unpaired) electrons. The number of amides is 1. The molecule has 1 aromatic carbocycles. The van der Waals surface area contributed by atoms with Gasteiger partial charge in [0.05, 0.1) is 11.0 Å². The van der Waals surface area contributed by atoms with Crippen molar-refractivity contribution >= 4 is 11.6 Å². The number of nitrogens with two attached hydrogens (primary N) is 1. The van der Waals surface area contributed by atoms with Crippen molar-refractivity contribution in [3.63, 3.8) is 0 Å². The fourth-order valence-electron chi connectivity index (χ4n) is 2.77. The molecule has 1 aliphatic heterocycles. The molecule has 20 heavy (non-hydrogen) atoms. The summed E-state index contributed by atoms with van der Waals surface area (Å²) in [6.07, 6.45) is 2.09. The summed E-state index contributed by atoms with van der Waals surface area (Å²) in [7, 11) is 0. The van der Waals surface area contributed by atoms with E-state index in [4.69, 9.17) is 5.73 Å². The van der Waals surface area contributed by atoms with Crippen molar-refractivity contribution in [2.24, 2.45) is 5.73 Å². The van der Waals surface area contributed by atoms with Gasteiger partial charge < -0.3 is 10.6 Å². The number of likely N-dealkylation sites (tertiary alicyclic amines) is 1. The molecule has 1 saturated heterocycles. The van der Waals surface area contributed by atoms with Crippen molar-refractivity contribution in [2.75, 3.05) is 6.54 Å². The SMILES string of the molecule is CCN1C(=O)CCCC(N)C1c1ccc([N+](=O)[O-])cc1. The minimum atomic E-state index is -0.431. The van der Waals surface area contributed by atoms with Gasteiger partial charge in [-0.15, -0.1) is 0 Å². The van der Waals surface area contributed by atoms with E-state index in [0.29, 0.717) is 13.0 Å². The topological polar surface area (TPSA) is 89.5 Å². The molecular weight excluding hydrogens is 258 g/mol. The average molecular weight is 277 g/mol. The number of rotatable bonds is 3. The lowest BCUT2D eigenvalue weighted by Gasteiger charge is -2.33. The number of carbonyl (C=O) groups is 1. The Hall–Kier alpha value is -1.95. The first-order valence-electron chi connectivity index (χ1n) is 6.84. The monoisotopic (exact) mass is 277 g/mol. The van der Waals surface area contributed by atoms with Crippen LogP contribution in [0.1, 0.15) is 37.8 Å². The van der Waals surface area contributed by atoms with Crippen LogP contribution in [0, 0.1) is 10.1 Å². The number of carbonyl (C=O) groups excluding carboxylic acids is 1. The van der Waals surface area contributed by atoms with Gasteiger partial charge in [0.15, 0.2) is 0 Å². The van der Waals surface area contributed by atoms with Crippen LogP contribution in [0.25, 0.3) is 0 Å². The fraction of sp³-hybridized carbons (Fsp3) is 0.500. The van der Waals surface area contributed by atoms with Crippen molar-refractivity contribution in [1.29, 1.82) is 0 Å². The Bertz CT molecular complexity index is 501. The highest BCUT2D eigenvalue weighted by Crippen LogP contribution is 2.30. The predicted octanol–water partition coefficient (Wildman–Crippen LogP) is 2.00. The van der Waals surface area contributed by atoms with Crippen LogP contribution in [-0.2, 0) is 4.79 Å². The highest BCUT2D eigenvalue weighted by molar-refractivity contribution is 5.77. The van der Waals surface area contributed by atoms with Gasteiger partial charge in [-0.1, -0.05) is 12.1 Å². The van der Waals surface area contributed by atoms with E-state index < -0.39 is 4.92 Å². The Labute approximate surface area is 117 Å². The first-order chi connectivity index (χ1) is 9.54. The first-order valence-corrected chi connectivity index (χ1v) is 6.84. The molecule has 6 heteroatoms. The van der Waals surface area contributed by atoms with Gasteiger partial charge in [-0.05, 0) is 25.3 Å². The molecule has 1 fully saturated rings. The van der Waals surface area contributed by atoms with Gasteiger partial charge in [-0.25, -0.2) is 0 Å². The lowest BCUT2D eigenvalue weighted by atomic mass is 9.96. The largest absolute Gasteiger partial charge is 0.334 e. The van der Waals surface area contributed by atoms with E-state index in [9.17, 15) is 14.9 Å². The number of benzene rings is 1. The molecule has 1 amide bonds. The van der Waals surface area contributed by atoms with Gasteiger partial charge in [0.25, 0.3) is 5.69 Å². The minimum absolute atomic E-state index is 0.0466. The molecule has 108 valence electrons. The fourth-order valence-corrected chi connectivity index (χ4v) is 2.77. The Morgan fingerprint density at radius 2 is 2.05 bits per heavy atom. The van der Waals surface area contributed by atoms with Crippen molar-refractivity contribution in [1.82, 2.24) is 4.90 Å². The first kappa shape index (κ1) is 14.5. The molecular formula is C14H19N3O3. The molecule has 0 saturated carbocycles. The van der Waals surface area contributed by atoms with Gasteiger partial charge in [-0.3, -0.25) is 14.9 Å². The summed E-state index contributed by atoms with van der Waals surface area (Å²) in [5.41, 5.74) is 7.12. The highest BCUT2D eigenvalue weighted by Gasteiger charge is 2.31. The van der Waals surface area contributed by atoms with Crippen LogP contribution >= 0.6 is 0 Å². The van der Waals surface area contributed by atoms with Gasteiger partial charge >= 0.3 is 0 Å². The van der Waals surface area contributed by atoms with E-state index in [1.54, 1.807) is 17.0 Å². The molecule has 0 bridgehead atoms. The number of likely N-dealkylation sites (N-methyl/N-ethyl adjacent to an activating group) is 1. The van der Waals surface area contributed by atoms with Crippen LogP contribution in [0.2, 0.25) is 0 Å². The second-order valence-electron chi connectivity index (χ2n) is 5.03. The molecule has 2 rings (SSSR count). The van der Waals surface area contributed by atoms with E-state index in [1.807, 2.05) is 6.92 Å². The zero-order chi connectivity index (χ0) is 14.7. The molecule has 0 aliphatic carbocycles. The summed E-state index contributed by atoms with van der Waals surface area (Å²) in [4.78, 5) is 24.2. The summed E-state index contributed by atoms with van der Waals surface area (Å²) in [6.45, 7) is 2.52. The number of hydrogen-bond acceptors (Lipinski definition) is 4. The Kier molecular flexibility index (Phi) is 4.34. The van der Waals surface area contributed by atoms with Gasteiger partial charge in [0.2, 0.25) is 5.91 Å². The van der Waals surface area contributed by atoms with E-state index in [2.05, 4.69) is 0 Å². The van der Waals surface area contributed by atoms with Crippen LogP contribution in [0.3, 0.4) is 0 Å². The second kappa shape index (κ2) is 6.00. The lowest BCUT2D eigenvalue weighted by Crippen LogP contribution is -2.42. The molecule has 1 aromatic rings. The van der Waals surface area contributed by atoms with Crippen molar-refractivity contribution in [2.45, 2.75) is 38.3 Å². The normalized spacial score (nSPS) is 23.5. The summed E-state index contributed by atoms with van der Waals surface area (Å²) in [6, 6.07) is 5.99. The third kappa shape index (κ3) is 2.80. The summed E-state index contributed by atoms with van der Waals surface area (Å²) in [5, 5.41) is 10.7. The standard InChI is InChI=1S/C14H19N3O3/c1-2-16-13(18)5-3-4-12(15)14(16)10-6-8-11(9-7-10)17(19)20/h6-9,12,14H,2-5,15H2,1H3. The van der Waals surface area contributed by atoms with E-state index in [0.717, 1.165) is 18.4 Å². The van der Waals surface area contributed by atoms with Gasteiger partial charge in [0.1, 0.15) is 0 Å². The maximum Gasteiger partial charge on any atom is 0.269 e. The number of nitro benzene ring substituents is 1. The number of nitrogens with zero attached hydrogens (tertiary/aromatic N) is 2. The van der Waals surface area contributed by atoms with Crippen LogP contribution in [0.15, 0.2) is 24.3 Å². The summed E-state index contributed by atoms with van der Waals surface area (Å²) >= 11 is 0. The summed E-state index contributed by atoms with van der Waals surface area (Å²) in [5.74, 6) is 0.101. The highest BCUT2D eigenvalue weighted by atomic mass is 16.6. The second-order valence-corrected chi connectivity index (χ2v) is 5.03. The third-order valence-electron chi connectivity index (χ3n) is 3.78. The molecule has 2 N–H and O–H groups in total. The van der Waals surface area contributed by atoms with Crippen LogP contribution in [-0.4, -0.2) is 28.3 Å². The van der Waals surface area contributed by atoms with Crippen molar-refractivity contribution in [3.8, 4) is 0 Å². The third-order valence-corrected chi connectivity index (χ3v) is 3.78. The zero-order valence-corrected chi connectivity index (χ0v) is 11.5. The zero-order valence-electron chi connectivity index (χ0n) is 11.5. The smallest absolute Gasteiger partial charge is 0.269 e. The minimum Gasteiger partial charge on any atom is -0.334 e. The quantitative estimate of drug-likeness (QED) is 0.676. The number of hydrogen-bond donors (Lipinski definition) is 1. The Morgan fingerprint density at radius 3 is 2.60 bits per heavy atom. The number of non-ortho nitro benzene ring substituents is 1. The van der Waals surface area contributed by atoms with E-state index in [1.165, 1.54) is 12.1 Å². The van der Waals surface area contributed by atoms with E-state index >= 15 is 0 Å². The van der Waals surface area contributed by atoms with Crippen molar-refractivity contribution in [3.05, 3.63) is 39.9 Å². The Morgan fingerprint density at radius 1 is 1.40 bits per heavy atom. The Balaban J connectivity index is 2.34. The molecule has 0 aromatic heterocycles. The lowest BCUT2D eigenvalue weighted by molar-refractivity contribution is -0.384. The predicted molar refractivity (Wildman–Crippen MR) is 75.1 cm³/mol. The summed E-state index contributed by atoms with van der Waals surface area (Å²) < 4.78 is 0. The molecule has 0 spiro atoms. The van der Waals surface area contributed by atoms with Crippen molar-refractivity contribution < 1.29 is 9.72 Å². The van der Waals surface area contributed by atoms with Gasteiger partial charge in [-0.2, -0.15) is 0 Å². The van der Waals surface area contributed by atoms with Crippen LogP contribution in [0.4, 0.5) is 5.69 Å². The van der Waals surface area contributed by atoms with Crippen LogP contribution in [0.5, 0.6) is 0 Å². The van der Waals surface area contributed by atoms with Crippen LogP contribution < -0.4 is 5.73 Å². The molecule has 6 nitrogen and oxygen atoms in total. The number of nitro groups is 1. The maximum atomic E-state index is 12.1. The van der Waals surface area contributed by atoms with E-state index in [-0.39, 0.29) is 23.7 Å². The average Bonchev–Trinajstić information content (AvgIpc) is 2.57. The molecule has 2 unspecified atom stereocenters. The van der Waals surface area contributed by atoms with Gasteiger partial charge in [0, 0.05) is 31.1 Å².